The molecule has 3 heteroatoms. The summed E-state index contributed by atoms with van der Waals surface area (Å²) in [6.07, 6.45) is 6.86. The SMILES string of the molecule is NSCCCCN1CCCCC1. The molecule has 0 bridgehead atoms. The molecule has 0 spiro atoms. The van der Waals surface area contributed by atoms with Crippen molar-refractivity contribution in [2.75, 3.05) is 25.4 Å². The molecule has 0 atom stereocenters. The quantitative estimate of drug-likeness (QED) is 0.527. The highest BCUT2D eigenvalue weighted by Crippen LogP contribution is 2.09. The van der Waals surface area contributed by atoms with E-state index in [0.29, 0.717) is 0 Å². The molecule has 72 valence electrons. The largest absolute Gasteiger partial charge is 0.303 e. The van der Waals surface area contributed by atoms with Gasteiger partial charge in [0.15, 0.2) is 0 Å². The molecule has 1 aliphatic rings. The molecule has 0 unspecified atom stereocenters. The Kier molecular flexibility index (Phi) is 5.82. The van der Waals surface area contributed by atoms with Crippen molar-refractivity contribution in [1.29, 1.82) is 0 Å². The first-order valence-electron chi connectivity index (χ1n) is 4.97. The van der Waals surface area contributed by atoms with E-state index < -0.39 is 0 Å². The van der Waals surface area contributed by atoms with E-state index in [1.807, 2.05) is 0 Å². The van der Waals surface area contributed by atoms with E-state index in [1.165, 1.54) is 63.7 Å². The molecule has 12 heavy (non-hydrogen) atoms. The lowest BCUT2D eigenvalue weighted by atomic mass is 10.1. The van der Waals surface area contributed by atoms with Gasteiger partial charge in [0.2, 0.25) is 0 Å². The fraction of sp³-hybridized carbons (Fsp3) is 1.00. The molecule has 1 fully saturated rings. The maximum Gasteiger partial charge on any atom is 0.00769 e. The van der Waals surface area contributed by atoms with Crippen LogP contribution in [0.1, 0.15) is 32.1 Å². The molecule has 1 saturated heterocycles. The Bertz CT molecular complexity index is 103. The van der Waals surface area contributed by atoms with Crippen molar-refractivity contribution in [2.45, 2.75) is 32.1 Å². The van der Waals surface area contributed by atoms with Crippen molar-refractivity contribution < 1.29 is 0 Å². The molecule has 1 rings (SSSR count). The lowest BCUT2D eigenvalue weighted by Gasteiger charge is -2.26. The summed E-state index contributed by atoms with van der Waals surface area (Å²) in [5.41, 5.74) is 0. The highest BCUT2D eigenvalue weighted by Gasteiger charge is 2.08. The summed E-state index contributed by atoms with van der Waals surface area (Å²) in [5, 5.41) is 5.35. The molecule has 0 radical (unpaired) electrons. The highest BCUT2D eigenvalue weighted by molar-refractivity contribution is 7.97. The first-order chi connectivity index (χ1) is 5.93. The zero-order valence-corrected chi connectivity index (χ0v) is 8.61. The van der Waals surface area contributed by atoms with Crippen molar-refractivity contribution in [1.82, 2.24) is 4.90 Å². The predicted octanol–water partition coefficient (Wildman–Crippen LogP) is 1.86. The van der Waals surface area contributed by atoms with Crippen LogP contribution in [0.3, 0.4) is 0 Å². The first-order valence-corrected chi connectivity index (χ1v) is 6.02. The van der Waals surface area contributed by atoms with Gasteiger partial charge in [-0.1, -0.05) is 18.4 Å². The van der Waals surface area contributed by atoms with Crippen LogP contribution >= 0.6 is 11.9 Å². The second kappa shape index (κ2) is 6.75. The molecule has 2 nitrogen and oxygen atoms in total. The topological polar surface area (TPSA) is 29.3 Å². The van der Waals surface area contributed by atoms with Gasteiger partial charge in [-0.05, 0) is 45.3 Å². The van der Waals surface area contributed by atoms with Crippen LogP contribution < -0.4 is 5.14 Å². The van der Waals surface area contributed by atoms with Crippen LogP contribution in [0.4, 0.5) is 0 Å². The Labute approximate surface area is 80.0 Å². The molecule has 0 saturated carbocycles. The number of nitrogens with zero attached hydrogens (tertiary/aromatic N) is 1. The molecule has 0 amide bonds. The number of nitrogens with two attached hydrogens (primary N) is 1. The van der Waals surface area contributed by atoms with Gasteiger partial charge in [-0.25, -0.2) is 0 Å². The summed E-state index contributed by atoms with van der Waals surface area (Å²) in [4.78, 5) is 2.59. The van der Waals surface area contributed by atoms with Crippen molar-refractivity contribution in [2.24, 2.45) is 5.14 Å². The number of likely N-dealkylation sites (tertiary alicyclic amines) is 1. The predicted molar refractivity (Wildman–Crippen MR) is 56.2 cm³/mol. The van der Waals surface area contributed by atoms with E-state index in [2.05, 4.69) is 4.90 Å². The Morgan fingerprint density at radius 1 is 1.08 bits per heavy atom. The van der Waals surface area contributed by atoms with Crippen molar-refractivity contribution in [3.05, 3.63) is 0 Å². The standard InChI is InChI=1S/C9H20N2S/c10-12-9-5-4-8-11-6-2-1-3-7-11/h1-10H2. The van der Waals surface area contributed by atoms with Crippen LogP contribution in [-0.2, 0) is 0 Å². The molecular formula is C9H20N2S. The summed E-state index contributed by atoms with van der Waals surface area (Å²) >= 11 is 1.47. The van der Waals surface area contributed by atoms with E-state index in [1.54, 1.807) is 0 Å². The van der Waals surface area contributed by atoms with Gasteiger partial charge < -0.3 is 4.90 Å². The summed E-state index contributed by atoms with van der Waals surface area (Å²) in [6.45, 7) is 3.95. The van der Waals surface area contributed by atoms with Crippen molar-refractivity contribution in [3.63, 3.8) is 0 Å². The third-order valence-electron chi connectivity index (χ3n) is 2.44. The van der Waals surface area contributed by atoms with E-state index in [0.717, 1.165) is 5.75 Å². The molecule has 0 aliphatic carbocycles. The highest BCUT2D eigenvalue weighted by atomic mass is 32.2. The third kappa shape index (κ3) is 4.33. The number of hydrogen-bond donors (Lipinski definition) is 1. The van der Waals surface area contributed by atoms with Crippen LogP contribution in [0.15, 0.2) is 0 Å². The monoisotopic (exact) mass is 188 g/mol. The van der Waals surface area contributed by atoms with Crippen molar-refractivity contribution >= 4 is 11.9 Å². The molecule has 0 aromatic carbocycles. The summed E-state index contributed by atoms with van der Waals surface area (Å²) in [5.74, 6) is 1.12. The molecule has 0 aromatic rings. The van der Waals surface area contributed by atoms with Crippen LogP contribution in [0, 0.1) is 0 Å². The van der Waals surface area contributed by atoms with Crippen LogP contribution in [0.2, 0.25) is 0 Å². The number of unbranched alkanes of at least 4 members (excludes halogenated alkanes) is 1. The fourth-order valence-corrected chi connectivity index (χ4v) is 2.07. The third-order valence-corrected chi connectivity index (χ3v) is 2.96. The molecule has 1 heterocycles. The van der Waals surface area contributed by atoms with Gasteiger partial charge in [-0.3, -0.25) is 5.14 Å². The van der Waals surface area contributed by atoms with E-state index in [-0.39, 0.29) is 0 Å². The number of hydrogen-bond acceptors (Lipinski definition) is 3. The fourth-order valence-electron chi connectivity index (χ4n) is 1.70. The zero-order chi connectivity index (χ0) is 8.65. The maximum atomic E-state index is 5.35. The van der Waals surface area contributed by atoms with Gasteiger partial charge in [0.25, 0.3) is 0 Å². The Balaban J connectivity index is 1.91. The van der Waals surface area contributed by atoms with E-state index in [4.69, 9.17) is 5.14 Å². The summed E-state index contributed by atoms with van der Waals surface area (Å²) in [7, 11) is 0. The summed E-state index contributed by atoms with van der Waals surface area (Å²) in [6, 6.07) is 0. The minimum Gasteiger partial charge on any atom is -0.303 e. The second-order valence-electron chi connectivity index (χ2n) is 3.48. The van der Waals surface area contributed by atoms with E-state index in [9.17, 15) is 0 Å². The van der Waals surface area contributed by atoms with Gasteiger partial charge in [0.05, 0.1) is 0 Å². The Hall–Kier alpha value is 0.270. The summed E-state index contributed by atoms with van der Waals surface area (Å²) < 4.78 is 0. The minimum absolute atomic E-state index is 1.12. The van der Waals surface area contributed by atoms with Gasteiger partial charge in [0, 0.05) is 5.75 Å². The normalized spacial score (nSPS) is 19.8. The Morgan fingerprint density at radius 2 is 1.83 bits per heavy atom. The minimum atomic E-state index is 1.12. The number of piperidine rings is 1. The first kappa shape index (κ1) is 10.4. The Morgan fingerprint density at radius 3 is 2.50 bits per heavy atom. The zero-order valence-electron chi connectivity index (χ0n) is 7.80. The molecule has 0 aromatic heterocycles. The van der Waals surface area contributed by atoms with Crippen molar-refractivity contribution in [3.8, 4) is 0 Å². The number of rotatable bonds is 5. The lowest BCUT2D eigenvalue weighted by Crippen LogP contribution is -2.30. The molecule has 1 aliphatic heterocycles. The lowest BCUT2D eigenvalue weighted by molar-refractivity contribution is 0.226. The van der Waals surface area contributed by atoms with Crippen LogP contribution in [-0.4, -0.2) is 30.3 Å². The van der Waals surface area contributed by atoms with E-state index >= 15 is 0 Å². The molecular weight excluding hydrogens is 168 g/mol. The van der Waals surface area contributed by atoms with Crippen LogP contribution in [0.25, 0.3) is 0 Å². The van der Waals surface area contributed by atoms with Crippen LogP contribution in [0.5, 0.6) is 0 Å². The van der Waals surface area contributed by atoms with Gasteiger partial charge in [0.1, 0.15) is 0 Å². The van der Waals surface area contributed by atoms with Gasteiger partial charge in [-0.15, -0.1) is 0 Å². The second-order valence-corrected chi connectivity index (χ2v) is 4.22. The van der Waals surface area contributed by atoms with Gasteiger partial charge >= 0.3 is 0 Å². The van der Waals surface area contributed by atoms with Gasteiger partial charge in [-0.2, -0.15) is 0 Å². The average Bonchev–Trinajstić information content (AvgIpc) is 2.14. The maximum absolute atomic E-state index is 5.35. The smallest absolute Gasteiger partial charge is 0.00769 e. The molecule has 2 N–H and O–H groups in total. The average molecular weight is 188 g/mol.